The number of hydrogen-bond acceptors (Lipinski definition) is 4. The Kier molecular flexibility index (Phi) is 4.66. The van der Waals surface area contributed by atoms with Crippen LogP contribution in [0.4, 0.5) is 4.39 Å². The molecule has 100 valence electrons. The summed E-state index contributed by atoms with van der Waals surface area (Å²) < 4.78 is 29.6. The van der Waals surface area contributed by atoms with E-state index in [0.717, 1.165) is 5.56 Å². The molecule has 18 heavy (non-hydrogen) atoms. The summed E-state index contributed by atoms with van der Waals surface area (Å²) >= 11 is 0. The van der Waals surface area contributed by atoms with Gasteiger partial charge in [0.05, 0.1) is 13.2 Å². The number of halogens is 1. The van der Waals surface area contributed by atoms with Gasteiger partial charge in [-0.1, -0.05) is 30.3 Å². The molecule has 1 saturated heterocycles. The molecule has 1 aromatic rings. The molecule has 0 aromatic heterocycles. The second-order valence-corrected chi connectivity index (χ2v) is 4.17. The van der Waals surface area contributed by atoms with E-state index in [4.69, 9.17) is 19.3 Å². The normalized spacial score (nSPS) is 31.7. The van der Waals surface area contributed by atoms with Crippen molar-refractivity contribution >= 4 is 0 Å². The number of aliphatic hydroxyl groups excluding tert-OH is 1. The Morgan fingerprint density at radius 2 is 2.06 bits per heavy atom. The smallest absolute Gasteiger partial charge is 0.186 e. The van der Waals surface area contributed by atoms with Crippen LogP contribution in [0.1, 0.15) is 5.56 Å². The molecule has 0 amide bonds. The van der Waals surface area contributed by atoms with Crippen LogP contribution in [-0.2, 0) is 20.8 Å². The van der Waals surface area contributed by atoms with E-state index in [2.05, 4.69) is 0 Å². The van der Waals surface area contributed by atoms with Crippen LogP contribution in [0.2, 0.25) is 0 Å². The van der Waals surface area contributed by atoms with Gasteiger partial charge in [0.1, 0.15) is 12.2 Å². The fraction of sp³-hybridized carbons (Fsp3) is 0.538. The van der Waals surface area contributed by atoms with E-state index in [1.54, 1.807) is 0 Å². The van der Waals surface area contributed by atoms with Crippen LogP contribution in [0, 0.1) is 0 Å². The minimum absolute atomic E-state index is 0.285. The third-order valence-electron chi connectivity index (χ3n) is 2.94. The van der Waals surface area contributed by atoms with Gasteiger partial charge in [-0.05, 0) is 5.56 Å². The summed E-state index contributed by atoms with van der Waals surface area (Å²) in [6.45, 7) is -0.0977. The Morgan fingerprint density at radius 3 is 2.67 bits per heavy atom. The van der Waals surface area contributed by atoms with E-state index in [1.165, 1.54) is 7.11 Å². The van der Waals surface area contributed by atoms with Crippen molar-refractivity contribution in [2.24, 2.45) is 0 Å². The van der Waals surface area contributed by atoms with Gasteiger partial charge in [0.2, 0.25) is 0 Å². The third-order valence-corrected chi connectivity index (χ3v) is 2.94. The van der Waals surface area contributed by atoms with Gasteiger partial charge in [0.15, 0.2) is 12.5 Å². The Morgan fingerprint density at radius 1 is 1.33 bits per heavy atom. The van der Waals surface area contributed by atoms with E-state index in [-0.39, 0.29) is 13.2 Å². The molecule has 0 bridgehead atoms. The summed E-state index contributed by atoms with van der Waals surface area (Å²) in [5, 5.41) is 8.98. The molecule has 1 N–H and O–H groups in total. The number of aliphatic hydroxyl groups is 1. The van der Waals surface area contributed by atoms with Crippen molar-refractivity contribution < 1.29 is 23.7 Å². The van der Waals surface area contributed by atoms with E-state index in [9.17, 15) is 4.39 Å². The van der Waals surface area contributed by atoms with Crippen molar-refractivity contribution in [3.05, 3.63) is 35.9 Å². The van der Waals surface area contributed by atoms with E-state index in [1.807, 2.05) is 30.3 Å². The zero-order valence-electron chi connectivity index (χ0n) is 10.2. The van der Waals surface area contributed by atoms with Crippen molar-refractivity contribution in [3.8, 4) is 0 Å². The molecule has 1 aromatic carbocycles. The zero-order valence-corrected chi connectivity index (χ0v) is 10.2. The van der Waals surface area contributed by atoms with Gasteiger partial charge in [0, 0.05) is 7.11 Å². The SMILES string of the molecule is CO[C@@H]1O[C@H](CO)[C@@H](F)[C@H]1OCc1ccccc1. The molecule has 5 heteroatoms. The minimum atomic E-state index is -1.39. The van der Waals surface area contributed by atoms with Gasteiger partial charge in [0.25, 0.3) is 0 Å². The number of rotatable bonds is 5. The maximum absolute atomic E-state index is 13.9. The fourth-order valence-corrected chi connectivity index (χ4v) is 1.96. The van der Waals surface area contributed by atoms with Crippen LogP contribution >= 0.6 is 0 Å². The highest BCUT2D eigenvalue weighted by Gasteiger charge is 2.45. The summed E-state index contributed by atoms with van der Waals surface area (Å²) in [6, 6.07) is 9.48. The Labute approximate surface area is 105 Å². The predicted molar refractivity (Wildman–Crippen MR) is 62.7 cm³/mol. The lowest BCUT2D eigenvalue weighted by Crippen LogP contribution is -2.33. The van der Waals surface area contributed by atoms with Crippen LogP contribution in [0.3, 0.4) is 0 Å². The molecule has 0 aliphatic carbocycles. The fourth-order valence-electron chi connectivity index (χ4n) is 1.96. The topological polar surface area (TPSA) is 47.9 Å². The second-order valence-electron chi connectivity index (χ2n) is 4.17. The first-order valence-corrected chi connectivity index (χ1v) is 5.85. The highest BCUT2D eigenvalue weighted by molar-refractivity contribution is 5.13. The first kappa shape index (κ1) is 13.4. The van der Waals surface area contributed by atoms with Gasteiger partial charge in [-0.2, -0.15) is 0 Å². The molecule has 0 spiro atoms. The third kappa shape index (κ3) is 2.87. The number of methoxy groups -OCH3 is 1. The molecule has 0 radical (unpaired) electrons. The van der Waals surface area contributed by atoms with Crippen LogP contribution in [0.15, 0.2) is 30.3 Å². The number of hydrogen-bond donors (Lipinski definition) is 1. The van der Waals surface area contributed by atoms with Gasteiger partial charge in [-0.3, -0.25) is 0 Å². The predicted octanol–water partition coefficient (Wildman–Crippen LogP) is 1.27. The average molecular weight is 256 g/mol. The number of alkyl halides is 1. The van der Waals surface area contributed by atoms with Crippen LogP contribution in [0.5, 0.6) is 0 Å². The second kappa shape index (κ2) is 6.24. The standard InChI is InChI=1S/C13H17FO4/c1-16-13-12(11(14)10(7-15)18-13)17-8-9-5-3-2-4-6-9/h2-6,10-13,15H,7-8H2,1H3/t10-,11-,12-,13-/m1/s1. The minimum Gasteiger partial charge on any atom is -0.394 e. The van der Waals surface area contributed by atoms with Crippen molar-refractivity contribution in [2.75, 3.05) is 13.7 Å². The molecule has 1 fully saturated rings. The first-order valence-electron chi connectivity index (χ1n) is 5.85. The summed E-state index contributed by atoms with van der Waals surface area (Å²) in [5.74, 6) is 0. The molecule has 0 unspecified atom stereocenters. The van der Waals surface area contributed by atoms with Crippen molar-refractivity contribution in [1.82, 2.24) is 0 Å². The van der Waals surface area contributed by atoms with Crippen LogP contribution in [0.25, 0.3) is 0 Å². The van der Waals surface area contributed by atoms with Crippen LogP contribution < -0.4 is 0 Å². The highest BCUT2D eigenvalue weighted by Crippen LogP contribution is 2.27. The van der Waals surface area contributed by atoms with Crippen molar-refractivity contribution in [3.63, 3.8) is 0 Å². The van der Waals surface area contributed by atoms with E-state index < -0.39 is 24.7 Å². The summed E-state index contributed by atoms with van der Waals surface area (Å²) in [4.78, 5) is 0. The number of benzene rings is 1. The molecule has 4 nitrogen and oxygen atoms in total. The maximum Gasteiger partial charge on any atom is 0.186 e. The quantitative estimate of drug-likeness (QED) is 0.862. The lowest BCUT2D eigenvalue weighted by Gasteiger charge is -2.18. The summed E-state index contributed by atoms with van der Waals surface area (Å²) in [7, 11) is 1.43. The average Bonchev–Trinajstić information content (AvgIpc) is 2.73. The molecule has 0 saturated carbocycles. The molecular weight excluding hydrogens is 239 g/mol. The van der Waals surface area contributed by atoms with Gasteiger partial charge in [-0.15, -0.1) is 0 Å². The lowest BCUT2D eigenvalue weighted by molar-refractivity contribution is -0.167. The van der Waals surface area contributed by atoms with Gasteiger partial charge >= 0.3 is 0 Å². The van der Waals surface area contributed by atoms with Crippen molar-refractivity contribution in [1.29, 1.82) is 0 Å². The molecule has 1 heterocycles. The summed E-state index contributed by atoms with van der Waals surface area (Å²) in [6.07, 6.45) is -3.85. The van der Waals surface area contributed by atoms with E-state index in [0.29, 0.717) is 0 Å². The molecule has 2 rings (SSSR count). The van der Waals surface area contributed by atoms with Gasteiger partial charge < -0.3 is 19.3 Å². The maximum atomic E-state index is 13.9. The summed E-state index contributed by atoms with van der Waals surface area (Å²) in [5.41, 5.74) is 0.951. The van der Waals surface area contributed by atoms with Crippen LogP contribution in [-0.4, -0.2) is 43.5 Å². The van der Waals surface area contributed by atoms with Gasteiger partial charge in [-0.25, -0.2) is 4.39 Å². The molecule has 1 aliphatic heterocycles. The molecule has 4 atom stereocenters. The zero-order chi connectivity index (χ0) is 13.0. The Hall–Kier alpha value is -1.01. The van der Waals surface area contributed by atoms with Crippen molar-refractivity contribution in [2.45, 2.75) is 31.3 Å². The molecule has 1 aliphatic rings. The van der Waals surface area contributed by atoms with E-state index >= 15 is 0 Å². The number of ether oxygens (including phenoxy) is 3. The lowest BCUT2D eigenvalue weighted by atomic mass is 10.1. The largest absolute Gasteiger partial charge is 0.394 e. The highest BCUT2D eigenvalue weighted by atomic mass is 19.1. The Balaban J connectivity index is 1.95. The monoisotopic (exact) mass is 256 g/mol. The Bertz CT molecular complexity index is 357. The first-order chi connectivity index (χ1) is 8.76. The molecular formula is C13H17FO4.